The quantitative estimate of drug-likeness (QED) is 0.554. The van der Waals surface area contributed by atoms with Crippen LogP contribution in [0.3, 0.4) is 0 Å². The van der Waals surface area contributed by atoms with Crippen molar-refractivity contribution in [2.75, 3.05) is 19.5 Å². The zero-order valence-corrected chi connectivity index (χ0v) is 16.5. The van der Waals surface area contributed by atoms with E-state index in [1.807, 2.05) is 24.3 Å². The summed E-state index contributed by atoms with van der Waals surface area (Å²) in [6.45, 7) is 3.58. The Bertz CT molecular complexity index is 843. The number of methoxy groups -OCH3 is 2. The van der Waals surface area contributed by atoms with Gasteiger partial charge in [-0.2, -0.15) is 0 Å². The molecule has 148 valence electrons. The van der Waals surface area contributed by atoms with Crippen molar-refractivity contribution in [3.05, 3.63) is 59.7 Å². The van der Waals surface area contributed by atoms with Crippen LogP contribution in [0.5, 0.6) is 11.5 Å². The summed E-state index contributed by atoms with van der Waals surface area (Å²) in [5.41, 5.74) is 2.49. The van der Waals surface area contributed by atoms with Crippen molar-refractivity contribution in [3.8, 4) is 11.5 Å². The first kappa shape index (κ1) is 21.0. The van der Waals surface area contributed by atoms with E-state index in [0.29, 0.717) is 22.7 Å². The smallest absolute Gasteiger partial charge is 0.331 e. The lowest BCUT2D eigenvalue weighted by Gasteiger charge is -2.12. The zero-order chi connectivity index (χ0) is 20.5. The van der Waals surface area contributed by atoms with Crippen LogP contribution in [0.25, 0.3) is 6.08 Å². The summed E-state index contributed by atoms with van der Waals surface area (Å²) in [5.74, 6) is 0.195. The molecule has 0 saturated carbocycles. The molecule has 2 aromatic carbocycles. The van der Waals surface area contributed by atoms with Gasteiger partial charge in [0.1, 0.15) is 11.5 Å². The molecular weight excluding hydrogens is 358 g/mol. The summed E-state index contributed by atoms with van der Waals surface area (Å²) in [7, 11) is 3.09. The molecule has 2 aromatic rings. The van der Waals surface area contributed by atoms with Crippen LogP contribution in [0.1, 0.15) is 25.0 Å². The second-order valence-corrected chi connectivity index (χ2v) is 6.06. The van der Waals surface area contributed by atoms with E-state index in [-0.39, 0.29) is 0 Å². The molecule has 0 aliphatic rings. The first-order chi connectivity index (χ1) is 13.5. The number of amides is 1. The minimum atomic E-state index is -0.935. The third kappa shape index (κ3) is 5.87. The van der Waals surface area contributed by atoms with Crippen LogP contribution in [0.2, 0.25) is 0 Å². The number of benzene rings is 2. The van der Waals surface area contributed by atoms with E-state index < -0.39 is 18.0 Å². The molecule has 0 heterocycles. The largest absolute Gasteiger partial charge is 0.497 e. The first-order valence-electron chi connectivity index (χ1n) is 8.97. The van der Waals surface area contributed by atoms with Crippen LogP contribution >= 0.6 is 0 Å². The van der Waals surface area contributed by atoms with E-state index in [4.69, 9.17) is 14.2 Å². The summed E-state index contributed by atoms with van der Waals surface area (Å²) in [6.07, 6.45) is 2.79. The number of carbonyl (C=O) groups is 2. The molecule has 0 saturated heterocycles. The Morgan fingerprint density at radius 2 is 1.79 bits per heavy atom. The van der Waals surface area contributed by atoms with E-state index in [0.717, 1.165) is 6.42 Å². The molecular formula is C22H25NO5. The van der Waals surface area contributed by atoms with Gasteiger partial charge in [0.25, 0.3) is 5.91 Å². The molecule has 0 aliphatic heterocycles. The van der Waals surface area contributed by atoms with Gasteiger partial charge in [0.15, 0.2) is 6.10 Å². The van der Waals surface area contributed by atoms with E-state index in [1.54, 1.807) is 31.4 Å². The maximum absolute atomic E-state index is 12.2. The maximum Gasteiger partial charge on any atom is 0.331 e. The Hall–Kier alpha value is -3.28. The minimum Gasteiger partial charge on any atom is -0.497 e. The van der Waals surface area contributed by atoms with E-state index >= 15 is 0 Å². The Labute approximate surface area is 165 Å². The summed E-state index contributed by atoms with van der Waals surface area (Å²) in [4.78, 5) is 24.3. The highest BCUT2D eigenvalue weighted by molar-refractivity contribution is 5.96. The Balaban J connectivity index is 1.95. The van der Waals surface area contributed by atoms with Crippen molar-refractivity contribution in [1.29, 1.82) is 0 Å². The van der Waals surface area contributed by atoms with Crippen molar-refractivity contribution in [1.82, 2.24) is 0 Å². The second kappa shape index (κ2) is 10.2. The molecule has 0 radical (unpaired) electrons. The fraction of sp³-hybridized carbons (Fsp3) is 0.273. The van der Waals surface area contributed by atoms with Gasteiger partial charge < -0.3 is 19.5 Å². The standard InChI is InChI=1S/C22H25NO5/c1-5-16-6-9-18(10-7-16)23-22(25)15(2)28-21(24)13-8-17-14-19(26-3)11-12-20(17)27-4/h6-15H,5H2,1-4H3,(H,23,25)/b13-8+. The number of hydrogen-bond donors (Lipinski definition) is 1. The predicted octanol–water partition coefficient (Wildman–Crippen LogP) is 3.85. The summed E-state index contributed by atoms with van der Waals surface area (Å²) in [6, 6.07) is 12.8. The Kier molecular flexibility index (Phi) is 7.63. The zero-order valence-electron chi connectivity index (χ0n) is 16.5. The van der Waals surface area contributed by atoms with E-state index in [1.165, 1.54) is 25.7 Å². The molecule has 1 amide bonds. The van der Waals surface area contributed by atoms with E-state index in [9.17, 15) is 9.59 Å². The SMILES string of the molecule is CCc1ccc(NC(=O)C(C)OC(=O)/C=C/c2cc(OC)ccc2OC)cc1. The molecule has 2 rings (SSSR count). The number of esters is 1. The van der Waals surface area contributed by atoms with Crippen molar-refractivity contribution in [3.63, 3.8) is 0 Å². The van der Waals surface area contributed by atoms with Gasteiger partial charge in [-0.05, 0) is 55.3 Å². The molecule has 0 bridgehead atoms. The lowest BCUT2D eigenvalue weighted by atomic mass is 10.1. The topological polar surface area (TPSA) is 73.9 Å². The molecule has 0 aliphatic carbocycles. The number of nitrogens with one attached hydrogen (secondary N) is 1. The van der Waals surface area contributed by atoms with Gasteiger partial charge in [0.05, 0.1) is 14.2 Å². The molecule has 0 spiro atoms. The molecule has 1 atom stereocenters. The van der Waals surface area contributed by atoms with Gasteiger partial charge in [-0.1, -0.05) is 19.1 Å². The molecule has 0 fully saturated rings. The van der Waals surface area contributed by atoms with Crippen molar-refractivity contribution >= 4 is 23.6 Å². The highest BCUT2D eigenvalue weighted by Crippen LogP contribution is 2.25. The highest BCUT2D eigenvalue weighted by atomic mass is 16.5. The van der Waals surface area contributed by atoms with E-state index in [2.05, 4.69) is 12.2 Å². The average Bonchev–Trinajstić information content (AvgIpc) is 2.72. The fourth-order valence-electron chi connectivity index (χ4n) is 2.46. The third-order valence-electron chi connectivity index (χ3n) is 4.13. The van der Waals surface area contributed by atoms with Gasteiger partial charge in [-0.15, -0.1) is 0 Å². The summed E-state index contributed by atoms with van der Waals surface area (Å²) < 4.78 is 15.6. The average molecular weight is 383 g/mol. The van der Waals surface area contributed by atoms with Crippen LogP contribution in [0, 0.1) is 0 Å². The summed E-state index contributed by atoms with van der Waals surface area (Å²) in [5, 5.41) is 2.73. The fourth-order valence-corrected chi connectivity index (χ4v) is 2.46. The summed E-state index contributed by atoms with van der Waals surface area (Å²) >= 11 is 0. The highest BCUT2D eigenvalue weighted by Gasteiger charge is 2.16. The van der Waals surface area contributed by atoms with Gasteiger partial charge in [-0.25, -0.2) is 4.79 Å². The van der Waals surface area contributed by atoms with Crippen molar-refractivity contribution in [2.45, 2.75) is 26.4 Å². The van der Waals surface area contributed by atoms with Crippen LogP contribution in [0.15, 0.2) is 48.5 Å². The van der Waals surface area contributed by atoms with Crippen LogP contribution < -0.4 is 14.8 Å². The molecule has 1 unspecified atom stereocenters. The number of hydrogen-bond acceptors (Lipinski definition) is 5. The van der Waals surface area contributed by atoms with Crippen LogP contribution in [0.4, 0.5) is 5.69 Å². The number of anilines is 1. The number of aryl methyl sites for hydroxylation is 1. The van der Waals surface area contributed by atoms with Crippen LogP contribution in [-0.4, -0.2) is 32.2 Å². The van der Waals surface area contributed by atoms with Crippen LogP contribution in [-0.2, 0) is 20.7 Å². The molecule has 6 heteroatoms. The predicted molar refractivity (Wildman–Crippen MR) is 109 cm³/mol. The van der Waals surface area contributed by atoms with Gasteiger partial charge in [-0.3, -0.25) is 4.79 Å². The number of carbonyl (C=O) groups excluding carboxylic acids is 2. The lowest BCUT2D eigenvalue weighted by Crippen LogP contribution is -2.29. The Morgan fingerprint density at radius 1 is 1.07 bits per heavy atom. The monoisotopic (exact) mass is 383 g/mol. The molecule has 28 heavy (non-hydrogen) atoms. The van der Waals surface area contributed by atoms with Gasteiger partial charge >= 0.3 is 5.97 Å². The van der Waals surface area contributed by atoms with Crippen molar-refractivity contribution < 1.29 is 23.8 Å². The maximum atomic E-state index is 12.2. The van der Waals surface area contributed by atoms with Gasteiger partial charge in [0.2, 0.25) is 0 Å². The molecule has 0 aromatic heterocycles. The molecule has 6 nitrogen and oxygen atoms in total. The van der Waals surface area contributed by atoms with Gasteiger partial charge in [0, 0.05) is 17.3 Å². The number of rotatable bonds is 8. The minimum absolute atomic E-state index is 0.398. The lowest BCUT2D eigenvalue weighted by molar-refractivity contribution is -0.148. The first-order valence-corrected chi connectivity index (χ1v) is 8.97. The Morgan fingerprint density at radius 3 is 2.39 bits per heavy atom. The second-order valence-electron chi connectivity index (χ2n) is 6.06. The number of ether oxygens (including phenoxy) is 3. The normalized spacial score (nSPS) is 11.7. The molecule has 1 N–H and O–H groups in total. The third-order valence-corrected chi connectivity index (χ3v) is 4.13. The van der Waals surface area contributed by atoms with Crippen molar-refractivity contribution in [2.24, 2.45) is 0 Å².